The highest BCUT2D eigenvalue weighted by Crippen LogP contribution is 2.27. The maximum atomic E-state index is 11.4. The summed E-state index contributed by atoms with van der Waals surface area (Å²) in [6, 6.07) is 8.88. The van der Waals surface area contributed by atoms with Gasteiger partial charge in [-0.1, -0.05) is 18.2 Å². The molecule has 0 bridgehead atoms. The molecule has 21 heavy (non-hydrogen) atoms. The minimum Gasteiger partial charge on any atom is -0.369 e. The van der Waals surface area contributed by atoms with Gasteiger partial charge in [0.05, 0.1) is 6.54 Å². The van der Waals surface area contributed by atoms with Crippen molar-refractivity contribution in [2.45, 2.75) is 25.4 Å². The second kappa shape index (κ2) is 6.56. The molecule has 3 N–H and O–H groups in total. The van der Waals surface area contributed by atoms with E-state index in [2.05, 4.69) is 39.9 Å². The van der Waals surface area contributed by atoms with Crippen LogP contribution >= 0.6 is 11.3 Å². The van der Waals surface area contributed by atoms with Crippen molar-refractivity contribution in [2.75, 3.05) is 19.6 Å². The fourth-order valence-electron chi connectivity index (χ4n) is 3.06. The number of thiophene rings is 1. The standard InChI is InChI=1S/C16H21N3OS/c17-16(20)10-19(13-5-7-18-8-6-13)9-12-11-21-15-4-2-1-3-14(12)15/h1-4,11,13,18H,5-10H2,(H2,17,20). The van der Waals surface area contributed by atoms with Gasteiger partial charge in [0.25, 0.3) is 0 Å². The van der Waals surface area contributed by atoms with Crippen LogP contribution in [-0.4, -0.2) is 36.5 Å². The van der Waals surface area contributed by atoms with E-state index in [-0.39, 0.29) is 5.91 Å². The average molecular weight is 303 g/mol. The second-order valence-corrected chi connectivity index (χ2v) is 6.52. The van der Waals surface area contributed by atoms with E-state index in [1.165, 1.54) is 15.6 Å². The number of nitrogens with zero attached hydrogens (tertiary/aromatic N) is 1. The quantitative estimate of drug-likeness (QED) is 0.887. The van der Waals surface area contributed by atoms with Crippen LogP contribution in [0.1, 0.15) is 18.4 Å². The molecule has 2 aromatic rings. The van der Waals surface area contributed by atoms with Crippen LogP contribution in [0.2, 0.25) is 0 Å². The Balaban J connectivity index is 1.81. The van der Waals surface area contributed by atoms with E-state index >= 15 is 0 Å². The van der Waals surface area contributed by atoms with Gasteiger partial charge in [0.2, 0.25) is 5.91 Å². The van der Waals surface area contributed by atoms with E-state index in [1.54, 1.807) is 11.3 Å². The van der Waals surface area contributed by atoms with Crippen molar-refractivity contribution in [3.63, 3.8) is 0 Å². The summed E-state index contributed by atoms with van der Waals surface area (Å²) in [5, 5.41) is 6.88. The van der Waals surface area contributed by atoms with Crippen molar-refractivity contribution in [3.05, 3.63) is 35.2 Å². The molecule has 0 saturated carbocycles. The van der Waals surface area contributed by atoms with E-state index in [4.69, 9.17) is 5.73 Å². The first-order chi connectivity index (χ1) is 10.2. The molecule has 1 aromatic carbocycles. The Labute approximate surface area is 128 Å². The minimum atomic E-state index is -0.243. The third-order valence-electron chi connectivity index (χ3n) is 4.12. The summed E-state index contributed by atoms with van der Waals surface area (Å²) < 4.78 is 1.30. The van der Waals surface area contributed by atoms with Crippen molar-refractivity contribution < 1.29 is 4.79 Å². The van der Waals surface area contributed by atoms with Gasteiger partial charge in [0.15, 0.2) is 0 Å². The maximum Gasteiger partial charge on any atom is 0.231 e. The largest absolute Gasteiger partial charge is 0.369 e. The summed E-state index contributed by atoms with van der Waals surface area (Å²) >= 11 is 1.77. The average Bonchev–Trinajstić information content (AvgIpc) is 2.90. The zero-order valence-corrected chi connectivity index (χ0v) is 12.9. The van der Waals surface area contributed by atoms with Crippen LogP contribution in [0, 0.1) is 0 Å². The smallest absolute Gasteiger partial charge is 0.231 e. The molecular weight excluding hydrogens is 282 g/mol. The first-order valence-corrected chi connectivity index (χ1v) is 8.30. The maximum absolute atomic E-state index is 11.4. The van der Waals surface area contributed by atoms with Crippen LogP contribution in [0.4, 0.5) is 0 Å². The number of nitrogens with one attached hydrogen (secondary N) is 1. The lowest BCUT2D eigenvalue weighted by molar-refractivity contribution is -0.120. The number of primary amides is 1. The van der Waals surface area contributed by atoms with Gasteiger partial charge in [0, 0.05) is 17.3 Å². The van der Waals surface area contributed by atoms with Crippen LogP contribution in [0.3, 0.4) is 0 Å². The van der Waals surface area contributed by atoms with Crippen LogP contribution < -0.4 is 11.1 Å². The predicted octanol–water partition coefficient (Wildman–Crippen LogP) is 1.94. The molecule has 1 aliphatic heterocycles. The lowest BCUT2D eigenvalue weighted by Crippen LogP contribution is -2.46. The molecule has 1 saturated heterocycles. The molecule has 0 radical (unpaired) electrons. The topological polar surface area (TPSA) is 58.4 Å². The minimum absolute atomic E-state index is 0.243. The van der Waals surface area contributed by atoms with E-state index in [0.29, 0.717) is 12.6 Å². The molecule has 1 amide bonds. The summed E-state index contributed by atoms with van der Waals surface area (Å²) in [6.07, 6.45) is 2.16. The van der Waals surface area contributed by atoms with Crippen LogP contribution in [0.15, 0.2) is 29.6 Å². The summed E-state index contributed by atoms with van der Waals surface area (Å²) in [5.74, 6) is -0.243. The van der Waals surface area contributed by atoms with E-state index in [9.17, 15) is 4.79 Å². The highest BCUT2D eigenvalue weighted by molar-refractivity contribution is 7.17. The molecule has 0 spiro atoms. The molecule has 1 aromatic heterocycles. The Morgan fingerprint density at radius 1 is 1.33 bits per heavy atom. The van der Waals surface area contributed by atoms with Crippen molar-refractivity contribution >= 4 is 27.3 Å². The number of rotatable bonds is 5. The number of hydrogen-bond acceptors (Lipinski definition) is 4. The highest BCUT2D eigenvalue weighted by atomic mass is 32.1. The van der Waals surface area contributed by atoms with Crippen LogP contribution in [-0.2, 0) is 11.3 Å². The van der Waals surface area contributed by atoms with E-state index in [0.717, 1.165) is 32.5 Å². The number of hydrogen-bond donors (Lipinski definition) is 2. The van der Waals surface area contributed by atoms with E-state index < -0.39 is 0 Å². The SMILES string of the molecule is NC(=O)CN(Cc1csc2ccccc12)C1CCNCC1. The third-order valence-corrected chi connectivity index (χ3v) is 5.13. The number of carbonyl (C=O) groups is 1. The van der Waals surface area contributed by atoms with Gasteiger partial charge < -0.3 is 11.1 Å². The van der Waals surface area contributed by atoms with Gasteiger partial charge in [-0.2, -0.15) is 0 Å². The molecule has 5 heteroatoms. The highest BCUT2D eigenvalue weighted by Gasteiger charge is 2.23. The van der Waals surface area contributed by atoms with Crippen molar-refractivity contribution in [3.8, 4) is 0 Å². The Kier molecular flexibility index (Phi) is 4.53. The van der Waals surface area contributed by atoms with Crippen LogP contribution in [0.25, 0.3) is 10.1 Å². The molecule has 2 heterocycles. The number of piperidine rings is 1. The Hall–Kier alpha value is -1.43. The fraction of sp³-hybridized carbons (Fsp3) is 0.438. The molecule has 112 valence electrons. The summed E-state index contributed by atoms with van der Waals surface area (Å²) in [4.78, 5) is 13.7. The molecular formula is C16H21N3OS. The third kappa shape index (κ3) is 3.43. The monoisotopic (exact) mass is 303 g/mol. The number of nitrogens with two attached hydrogens (primary N) is 1. The lowest BCUT2D eigenvalue weighted by Gasteiger charge is -2.33. The Bertz CT molecular complexity index is 619. The molecule has 0 unspecified atom stereocenters. The van der Waals surface area contributed by atoms with Gasteiger partial charge >= 0.3 is 0 Å². The van der Waals surface area contributed by atoms with Gasteiger partial charge in [-0.25, -0.2) is 0 Å². The number of carbonyl (C=O) groups excluding carboxylic acids is 1. The van der Waals surface area contributed by atoms with Crippen molar-refractivity contribution in [1.29, 1.82) is 0 Å². The van der Waals surface area contributed by atoms with Gasteiger partial charge in [-0.05, 0) is 48.3 Å². The van der Waals surface area contributed by atoms with Gasteiger partial charge in [-0.3, -0.25) is 9.69 Å². The first kappa shape index (κ1) is 14.5. The Morgan fingerprint density at radius 2 is 2.10 bits per heavy atom. The second-order valence-electron chi connectivity index (χ2n) is 5.61. The van der Waals surface area contributed by atoms with Crippen molar-refractivity contribution in [2.24, 2.45) is 5.73 Å². The van der Waals surface area contributed by atoms with Crippen molar-refractivity contribution in [1.82, 2.24) is 10.2 Å². The predicted molar refractivity (Wildman–Crippen MR) is 87.3 cm³/mol. The normalized spacial score (nSPS) is 16.6. The summed E-state index contributed by atoms with van der Waals surface area (Å²) in [7, 11) is 0. The Morgan fingerprint density at radius 3 is 2.86 bits per heavy atom. The van der Waals surface area contributed by atoms with Crippen LogP contribution in [0.5, 0.6) is 0 Å². The lowest BCUT2D eigenvalue weighted by atomic mass is 10.0. The molecule has 1 fully saturated rings. The summed E-state index contributed by atoms with van der Waals surface area (Å²) in [6.45, 7) is 3.18. The van der Waals surface area contributed by atoms with E-state index in [1.807, 2.05) is 0 Å². The number of amides is 1. The van der Waals surface area contributed by atoms with Gasteiger partial charge in [0.1, 0.15) is 0 Å². The number of benzene rings is 1. The first-order valence-electron chi connectivity index (χ1n) is 7.42. The zero-order valence-electron chi connectivity index (χ0n) is 12.0. The van der Waals surface area contributed by atoms with Gasteiger partial charge in [-0.15, -0.1) is 11.3 Å². The molecule has 4 nitrogen and oxygen atoms in total. The molecule has 0 aliphatic carbocycles. The zero-order chi connectivity index (χ0) is 14.7. The summed E-state index contributed by atoms with van der Waals surface area (Å²) in [5.41, 5.74) is 6.75. The molecule has 1 aliphatic rings. The number of fused-ring (bicyclic) bond motifs is 1. The molecule has 3 rings (SSSR count). The fourth-order valence-corrected chi connectivity index (χ4v) is 4.01. The molecule has 0 atom stereocenters.